The van der Waals surface area contributed by atoms with Gasteiger partial charge in [0.25, 0.3) is 0 Å². The second kappa shape index (κ2) is 30.1. The monoisotopic (exact) mass is 1330 g/mol. The number of amides is 2. The summed E-state index contributed by atoms with van der Waals surface area (Å²) < 4.78 is 37.7. The molecule has 6 aromatic heterocycles. The lowest BCUT2D eigenvalue weighted by atomic mass is 10.1. The summed E-state index contributed by atoms with van der Waals surface area (Å²) in [6.45, 7) is 12.4. The van der Waals surface area contributed by atoms with E-state index in [1.165, 1.54) is 30.5 Å². The molecular formula is C73H72N18O6S. The molecule has 7 N–H and O–H groups in total. The number of aromatic nitrogens is 12. The van der Waals surface area contributed by atoms with Crippen molar-refractivity contribution in [3.63, 3.8) is 0 Å². The number of nitrogens with one attached hydrogen (secondary N) is 1. The lowest BCUT2D eigenvalue weighted by Gasteiger charge is -2.32. The highest BCUT2D eigenvalue weighted by atomic mass is 32.2. The normalized spacial score (nSPS) is 14.2. The number of carbonyl (C=O) groups is 2. The van der Waals surface area contributed by atoms with Crippen LogP contribution in [0.25, 0.3) is 66.9 Å². The zero-order chi connectivity index (χ0) is 68.1. The number of ether oxygens (including phenoxy) is 3. The van der Waals surface area contributed by atoms with Crippen LogP contribution < -0.4 is 36.7 Å². The fourth-order valence-corrected chi connectivity index (χ4v) is 12.7. The van der Waals surface area contributed by atoms with Gasteiger partial charge in [-0.1, -0.05) is 73.8 Å². The van der Waals surface area contributed by atoms with Gasteiger partial charge in [0.1, 0.15) is 88.0 Å². The maximum absolute atomic E-state index is 12.6. The summed E-state index contributed by atoms with van der Waals surface area (Å²) in [5, 5.41) is 20.9. The van der Waals surface area contributed by atoms with E-state index in [1.54, 1.807) is 16.8 Å². The zero-order valence-electron chi connectivity index (χ0n) is 53.8. The van der Waals surface area contributed by atoms with Crippen LogP contribution in [0.5, 0.6) is 34.5 Å². The van der Waals surface area contributed by atoms with Gasteiger partial charge in [0.05, 0.1) is 34.8 Å². The minimum Gasteiger partial charge on any atom is -0.457 e. The Bertz CT molecular complexity index is 4920. The number of fused-ring (bicyclic) bond motifs is 3. The molecule has 8 heterocycles. The van der Waals surface area contributed by atoms with E-state index < -0.39 is 9.71 Å². The number of likely N-dealkylation sites (tertiary alicyclic amines) is 1. The van der Waals surface area contributed by atoms with Gasteiger partial charge in [-0.3, -0.25) is 9.59 Å². The Morgan fingerprint density at radius 3 is 1.28 bits per heavy atom. The first-order chi connectivity index (χ1) is 47.7. The SMILES string of the molecule is C/C=C/C(=O)N1CCC(n2nc(-c3ccc(Oc4ccccc4)cc3)c3c(N)ncnc32)CC1.C=CC(=O)NCCn1nc(-c2ccc(Oc3ccccc3)cc2)c2c(N)ncnc21.C=CS(=C)(=O)N1CCC(n2nc(-c3ccc(Oc4ccccc4)cc3)c3c(N)ncnc32)CC1. The standard InChI is InChI=1S/C26H26N6O2.C25H26N6O2S.C22H20N6O2/c1-2-6-22(33)31-15-13-19(14-16-31)32-26-23(25(27)28-17-29-26)24(30-32)18-9-11-21(12-10-18)34-20-7-4-3-5-8-20;1-3-34(2,32)30-15-13-19(14-16-30)31-25-22(24(26)27-17-28-25)23(29-31)18-9-11-21(12-10-18)33-20-7-5-4-6-8-20;1-2-18(29)24-12-13-28-22-19(21(23)25-14-26-22)20(27-28)15-8-10-17(11-9-15)30-16-6-4-3-5-7-16/h2-12,17,19H,13-16H2,1H3,(H2,27,28,29);3-12,17,19H,1-2,13-16H2,(H2,26,27,28);2-11,14H,1,12-13H2,(H,24,29)(H2,23,25,26)/b6-2+;;. The first-order valence-electron chi connectivity index (χ1n) is 31.8. The molecule has 2 aliphatic rings. The van der Waals surface area contributed by atoms with Gasteiger partial charge in [-0.25, -0.2) is 52.5 Å². The van der Waals surface area contributed by atoms with Crippen LogP contribution in [0.15, 0.2) is 220 Å². The van der Waals surface area contributed by atoms with Crippen molar-refractivity contribution in [3.8, 4) is 68.3 Å². The van der Waals surface area contributed by atoms with Gasteiger partial charge in [0.15, 0.2) is 16.9 Å². The van der Waals surface area contributed by atoms with Gasteiger partial charge in [0, 0.05) is 64.5 Å². The predicted octanol–water partition coefficient (Wildman–Crippen LogP) is 12.1. The fraction of sp³-hybridized carbons (Fsp3) is 0.178. The van der Waals surface area contributed by atoms with Gasteiger partial charge < -0.3 is 41.6 Å². The lowest BCUT2D eigenvalue weighted by Crippen LogP contribution is -2.38. The largest absolute Gasteiger partial charge is 0.457 e. The van der Waals surface area contributed by atoms with Gasteiger partial charge in [0.2, 0.25) is 11.8 Å². The number of hydrogen-bond donors (Lipinski definition) is 4. The maximum Gasteiger partial charge on any atom is 0.246 e. The van der Waals surface area contributed by atoms with E-state index in [0.29, 0.717) is 90.5 Å². The van der Waals surface area contributed by atoms with E-state index in [2.05, 4.69) is 59.3 Å². The van der Waals surface area contributed by atoms with Crippen molar-refractivity contribution in [2.75, 3.05) is 49.9 Å². The number of para-hydroxylation sites is 3. The molecular weight excluding hydrogens is 1260 g/mol. The summed E-state index contributed by atoms with van der Waals surface area (Å²) in [6, 6.07) is 52.2. The number of nitrogens with two attached hydrogens (primary N) is 3. The Balaban J connectivity index is 0.000000140. The number of benzene rings is 6. The van der Waals surface area contributed by atoms with Crippen molar-refractivity contribution in [1.29, 1.82) is 0 Å². The third kappa shape index (κ3) is 15.0. The van der Waals surface area contributed by atoms with Crippen molar-refractivity contribution in [3.05, 3.63) is 220 Å². The molecule has 496 valence electrons. The first kappa shape index (κ1) is 66.0. The molecule has 2 amide bonds. The molecule has 12 aromatic rings. The maximum atomic E-state index is 12.6. The number of anilines is 3. The Labute approximate surface area is 565 Å². The number of hydrogen-bond acceptors (Lipinski definition) is 18. The van der Waals surface area contributed by atoms with Crippen molar-refractivity contribution in [2.24, 2.45) is 0 Å². The number of nitrogen functional groups attached to an aromatic ring is 3. The van der Waals surface area contributed by atoms with Crippen molar-refractivity contribution in [1.82, 2.24) is 73.8 Å². The molecule has 1 atom stereocenters. The van der Waals surface area contributed by atoms with Crippen LogP contribution in [0.4, 0.5) is 17.5 Å². The van der Waals surface area contributed by atoms with Crippen LogP contribution in [-0.4, -0.2) is 123 Å². The van der Waals surface area contributed by atoms with Gasteiger partial charge in [-0.05, 0) is 160 Å². The number of nitrogens with zero attached hydrogens (tertiary/aromatic N) is 14. The summed E-state index contributed by atoms with van der Waals surface area (Å²) >= 11 is 0. The second-order valence-electron chi connectivity index (χ2n) is 22.9. The summed E-state index contributed by atoms with van der Waals surface area (Å²) in [5.41, 5.74) is 25.5. The Hall–Kier alpha value is -12.1. The van der Waals surface area contributed by atoms with E-state index >= 15 is 0 Å². The van der Waals surface area contributed by atoms with Gasteiger partial charge in [-0.15, -0.1) is 0 Å². The molecule has 2 fully saturated rings. The van der Waals surface area contributed by atoms with Crippen LogP contribution in [0.2, 0.25) is 0 Å². The molecule has 0 spiro atoms. The Morgan fingerprint density at radius 1 is 0.520 bits per heavy atom. The van der Waals surface area contributed by atoms with Crippen LogP contribution in [0.3, 0.4) is 0 Å². The zero-order valence-corrected chi connectivity index (χ0v) is 54.6. The number of piperidine rings is 2. The molecule has 98 heavy (non-hydrogen) atoms. The average Bonchev–Trinajstić information content (AvgIpc) is 1.62. The minimum atomic E-state index is -2.43. The molecule has 2 aliphatic heterocycles. The molecule has 1 unspecified atom stereocenters. The van der Waals surface area contributed by atoms with E-state index in [-0.39, 0.29) is 23.9 Å². The topological polar surface area (TPSA) is 306 Å². The van der Waals surface area contributed by atoms with Crippen molar-refractivity contribution in [2.45, 2.75) is 51.2 Å². The highest BCUT2D eigenvalue weighted by Gasteiger charge is 2.30. The van der Waals surface area contributed by atoms with E-state index in [4.69, 9.17) is 41.6 Å². The van der Waals surface area contributed by atoms with Gasteiger partial charge >= 0.3 is 0 Å². The molecule has 0 bridgehead atoms. The quantitative estimate of drug-likeness (QED) is 0.0458. The number of allylic oxidation sites excluding steroid dienone is 1. The molecule has 0 aliphatic carbocycles. The second-order valence-corrected chi connectivity index (χ2v) is 25.1. The average molecular weight is 1330 g/mol. The van der Waals surface area contributed by atoms with E-state index in [9.17, 15) is 13.8 Å². The lowest BCUT2D eigenvalue weighted by molar-refractivity contribution is -0.127. The Morgan fingerprint density at radius 2 is 0.888 bits per heavy atom. The molecule has 14 rings (SSSR count). The fourth-order valence-electron chi connectivity index (χ4n) is 11.6. The molecule has 0 saturated carbocycles. The first-order valence-corrected chi connectivity index (χ1v) is 33.5. The van der Waals surface area contributed by atoms with E-state index in [1.807, 2.05) is 189 Å². The van der Waals surface area contributed by atoms with Crippen LogP contribution in [-0.2, 0) is 25.8 Å². The smallest absolute Gasteiger partial charge is 0.246 e. The summed E-state index contributed by atoms with van der Waals surface area (Å²) in [7, 11) is -2.43. The number of rotatable bonds is 18. The minimum absolute atomic E-state index is 0.0522. The highest BCUT2D eigenvalue weighted by Crippen LogP contribution is 2.39. The van der Waals surface area contributed by atoms with Crippen molar-refractivity contribution < 1.29 is 28.0 Å². The third-order valence-electron chi connectivity index (χ3n) is 16.6. The third-order valence-corrected chi connectivity index (χ3v) is 18.4. The van der Waals surface area contributed by atoms with Crippen LogP contribution >= 0.6 is 0 Å². The predicted molar refractivity (Wildman–Crippen MR) is 383 cm³/mol. The molecule has 24 nitrogen and oxygen atoms in total. The molecule has 25 heteroatoms. The summed E-state index contributed by atoms with van der Waals surface area (Å²) in [5.74, 6) is 9.26. The molecule has 0 radical (unpaired) electrons. The number of carbonyl (C=O) groups excluding carboxylic acids is 2. The van der Waals surface area contributed by atoms with E-state index in [0.717, 1.165) is 93.3 Å². The van der Waals surface area contributed by atoms with Crippen LogP contribution in [0.1, 0.15) is 44.7 Å². The van der Waals surface area contributed by atoms with Gasteiger partial charge in [-0.2, -0.15) is 15.3 Å². The Kier molecular flexibility index (Phi) is 20.3. The van der Waals surface area contributed by atoms with Crippen LogP contribution in [0, 0.1) is 0 Å². The highest BCUT2D eigenvalue weighted by molar-refractivity contribution is 8.00. The molecule has 2 saturated heterocycles. The summed E-state index contributed by atoms with van der Waals surface area (Å²) in [4.78, 5) is 51.3. The summed E-state index contributed by atoms with van der Waals surface area (Å²) in [6.07, 6.45) is 12.1. The van der Waals surface area contributed by atoms with Crippen molar-refractivity contribution >= 4 is 77.9 Å². The molecule has 6 aromatic carbocycles.